The molecule has 2 rings (SSSR count). The second-order valence-electron chi connectivity index (χ2n) is 5.39. The van der Waals surface area contributed by atoms with Crippen LogP contribution in [0.4, 0.5) is 0 Å². The fraction of sp³-hybridized carbons (Fsp3) is 0.643. The Morgan fingerprint density at radius 1 is 1.17 bits per heavy atom. The van der Waals surface area contributed by atoms with Crippen LogP contribution in [0.15, 0.2) is 4.42 Å². The van der Waals surface area contributed by atoms with Crippen molar-refractivity contribution in [1.29, 1.82) is 0 Å². The van der Waals surface area contributed by atoms with E-state index in [2.05, 4.69) is 19.2 Å². The number of aryl methyl sites for hydroxylation is 2. The molecule has 2 unspecified atom stereocenters. The highest BCUT2D eigenvalue weighted by atomic mass is 16.3. The van der Waals surface area contributed by atoms with Gasteiger partial charge in [-0.1, -0.05) is 0 Å². The van der Waals surface area contributed by atoms with E-state index in [1.807, 2.05) is 25.7 Å². The summed E-state index contributed by atoms with van der Waals surface area (Å²) in [4.78, 5) is 14.5. The van der Waals surface area contributed by atoms with Gasteiger partial charge in [-0.05, 0) is 34.6 Å². The van der Waals surface area contributed by atoms with Crippen molar-refractivity contribution in [2.75, 3.05) is 13.1 Å². The monoisotopic (exact) mass is 250 g/mol. The molecular weight excluding hydrogens is 228 g/mol. The number of carbonyl (C=O) groups is 1. The summed E-state index contributed by atoms with van der Waals surface area (Å²) in [5.74, 6) is 1.67. The van der Waals surface area contributed by atoms with Crippen molar-refractivity contribution in [2.24, 2.45) is 0 Å². The molecule has 1 fully saturated rings. The maximum absolute atomic E-state index is 12.6. The lowest BCUT2D eigenvalue weighted by molar-refractivity contribution is 0.0671. The van der Waals surface area contributed by atoms with Gasteiger partial charge in [-0.2, -0.15) is 0 Å². The SMILES string of the molecule is Cc1oc(C)c(C(=O)N2CC(C)NC(C)C2)c1C. The third kappa shape index (κ3) is 2.29. The topological polar surface area (TPSA) is 45.5 Å². The fourth-order valence-electron chi connectivity index (χ4n) is 2.76. The summed E-state index contributed by atoms with van der Waals surface area (Å²) < 4.78 is 5.55. The number of furan rings is 1. The Morgan fingerprint density at radius 3 is 2.17 bits per heavy atom. The van der Waals surface area contributed by atoms with E-state index in [4.69, 9.17) is 4.42 Å². The van der Waals surface area contributed by atoms with Crippen molar-refractivity contribution in [3.63, 3.8) is 0 Å². The van der Waals surface area contributed by atoms with Gasteiger partial charge in [-0.15, -0.1) is 0 Å². The Balaban J connectivity index is 2.25. The van der Waals surface area contributed by atoms with Gasteiger partial charge in [0.15, 0.2) is 0 Å². The molecule has 1 amide bonds. The van der Waals surface area contributed by atoms with Gasteiger partial charge >= 0.3 is 0 Å². The summed E-state index contributed by atoms with van der Waals surface area (Å²) >= 11 is 0. The van der Waals surface area contributed by atoms with Gasteiger partial charge in [0.1, 0.15) is 11.5 Å². The molecule has 1 saturated heterocycles. The third-order valence-electron chi connectivity index (χ3n) is 3.62. The van der Waals surface area contributed by atoms with E-state index in [1.165, 1.54) is 0 Å². The number of piperazine rings is 1. The molecule has 1 aromatic rings. The molecule has 1 aliphatic rings. The van der Waals surface area contributed by atoms with Crippen LogP contribution >= 0.6 is 0 Å². The van der Waals surface area contributed by atoms with Crippen LogP contribution in [0.5, 0.6) is 0 Å². The number of rotatable bonds is 1. The summed E-state index contributed by atoms with van der Waals surface area (Å²) in [5.41, 5.74) is 1.71. The molecule has 0 aliphatic carbocycles. The maximum atomic E-state index is 12.6. The van der Waals surface area contributed by atoms with E-state index in [0.29, 0.717) is 12.1 Å². The molecule has 1 aromatic heterocycles. The van der Waals surface area contributed by atoms with Crippen LogP contribution in [0.2, 0.25) is 0 Å². The molecule has 0 bridgehead atoms. The van der Waals surface area contributed by atoms with Gasteiger partial charge in [0.25, 0.3) is 5.91 Å². The Kier molecular flexibility index (Phi) is 3.48. The molecule has 0 saturated carbocycles. The van der Waals surface area contributed by atoms with Crippen LogP contribution in [0.3, 0.4) is 0 Å². The summed E-state index contributed by atoms with van der Waals surface area (Å²) in [7, 11) is 0. The van der Waals surface area contributed by atoms with Gasteiger partial charge in [-0.25, -0.2) is 0 Å². The zero-order chi connectivity index (χ0) is 13.4. The molecular formula is C14H22N2O2. The maximum Gasteiger partial charge on any atom is 0.257 e. The number of carbonyl (C=O) groups excluding carboxylic acids is 1. The van der Waals surface area contributed by atoms with Crippen molar-refractivity contribution < 1.29 is 9.21 Å². The lowest BCUT2D eigenvalue weighted by atomic mass is 10.1. The molecule has 2 atom stereocenters. The van der Waals surface area contributed by atoms with Crippen LogP contribution in [0.25, 0.3) is 0 Å². The first-order chi connectivity index (χ1) is 8.40. The molecule has 4 heteroatoms. The van der Waals surface area contributed by atoms with Crippen molar-refractivity contribution in [3.8, 4) is 0 Å². The number of nitrogens with one attached hydrogen (secondary N) is 1. The number of amides is 1. The van der Waals surface area contributed by atoms with Crippen LogP contribution in [0, 0.1) is 20.8 Å². The Bertz CT molecular complexity index is 455. The quantitative estimate of drug-likeness (QED) is 0.829. The van der Waals surface area contributed by atoms with E-state index < -0.39 is 0 Å². The van der Waals surface area contributed by atoms with Gasteiger partial charge in [0, 0.05) is 30.7 Å². The lowest BCUT2D eigenvalue weighted by Crippen LogP contribution is -2.55. The summed E-state index contributed by atoms with van der Waals surface area (Å²) in [5, 5.41) is 3.43. The molecule has 100 valence electrons. The second kappa shape index (κ2) is 4.76. The van der Waals surface area contributed by atoms with Gasteiger partial charge < -0.3 is 14.6 Å². The second-order valence-corrected chi connectivity index (χ2v) is 5.39. The summed E-state index contributed by atoms with van der Waals surface area (Å²) in [6, 6.07) is 0.678. The summed E-state index contributed by atoms with van der Waals surface area (Å²) in [6.45, 7) is 11.4. The minimum atomic E-state index is 0.0991. The third-order valence-corrected chi connectivity index (χ3v) is 3.62. The first kappa shape index (κ1) is 13.1. The largest absolute Gasteiger partial charge is 0.466 e. The molecule has 1 N–H and O–H groups in total. The summed E-state index contributed by atoms with van der Waals surface area (Å²) in [6.07, 6.45) is 0. The Labute approximate surface area is 108 Å². The molecule has 2 heterocycles. The number of nitrogens with zero attached hydrogens (tertiary/aromatic N) is 1. The van der Waals surface area contributed by atoms with Crippen molar-refractivity contribution in [2.45, 2.75) is 46.7 Å². The van der Waals surface area contributed by atoms with Crippen molar-refractivity contribution in [1.82, 2.24) is 10.2 Å². The van der Waals surface area contributed by atoms with Gasteiger partial charge in [0.05, 0.1) is 5.56 Å². The smallest absolute Gasteiger partial charge is 0.257 e. The zero-order valence-electron chi connectivity index (χ0n) is 11.8. The van der Waals surface area contributed by atoms with Crippen molar-refractivity contribution in [3.05, 3.63) is 22.6 Å². The number of hydrogen-bond donors (Lipinski definition) is 1. The normalized spacial score (nSPS) is 24.4. The minimum Gasteiger partial charge on any atom is -0.466 e. The van der Waals surface area contributed by atoms with Gasteiger partial charge in [0.2, 0.25) is 0 Å². The zero-order valence-corrected chi connectivity index (χ0v) is 11.8. The Morgan fingerprint density at radius 2 is 1.72 bits per heavy atom. The fourth-order valence-corrected chi connectivity index (χ4v) is 2.76. The van der Waals surface area contributed by atoms with Crippen LogP contribution in [-0.2, 0) is 0 Å². The average Bonchev–Trinajstić information content (AvgIpc) is 2.51. The molecule has 0 radical (unpaired) electrons. The average molecular weight is 250 g/mol. The first-order valence-electron chi connectivity index (χ1n) is 6.52. The first-order valence-corrected chi connectivity index (χ1v) is 6.52. The van der Waals surface area contributed by atoms with E-state index in [1.54, 1.807) is 0 Å². The van der Waals surface area contributed by atoms with Crippen LogP contribution in [-0.4, -0.2) is 36.0 Å². The Hall–Kier alpha value is -1.29. The minimum absolute atomic E-state index is 0.0991. The van der Waals surface area contributed by atoms with E-state index in [0.717, 1.165) is 35.7 Å². The predicted octanol–water partition coefficient (Wildman–Crippen LogP) is 2.03. The highest BCUT2D eigenvalue weighted by Gasteiger charge is 2.29. The molecule has 1 aliphatic heterocycles. The molecule has 18 heavy (non-hydrogen) atoms. The van der Waals surface area contributed by atoms with Crippen molar-refractivity contribution >= 4 is 5.91 Å². The van der Waals surface area contributed by atoms with E-state index in [-0.39, 0.29) is 5.91 Å². The van der Waals surface area contributed by atoms with E-state index in [9.17, 15) is 4.79 Å². The lowest BCUT2D eigenvalue weighted by Gasteiger charge is -2.36. The molecule has 0 aromatic carbocycles. The predicted molar refractivity (Wildman–Crippen MR) is 70.9 cm³/mol. The van der Waals surface area contributed by atoms with Gasteiger partial charge in [-0.3, -0.25) is 4.79 Å². The molecule has 0 spiro atoms. The standard InChI is InChI=1S/C14H22N2O2/c1-8-6-16(7-9(2)15-8)14(17)13-10(3)11(4)18-12(13)5/h8-9,15H,6-7H2,1-5H3. The molecule has 4 nitrogen and oxygen atoms in total. The highest BCUT2D eigenvalue weighted by Crippen LogP contribution is 2.23. The van der Waals surface area contributed by atoms with E-state index >= 15 is 0 Å². The highest BCUT2D eigenvalue weighted by molar-refractivity contribution is 5.97. The number of hydrogen-bond acceptors (Lipinski definition) is 3. The van der Waals surface area contributed by atoms with Crippen LogP contribution < -0.4 is 5.32 Å². The van der Waals surface area contributed by atoms with Crippen LogP contribution in [0.1, 0.15) is 41.3 Å².